The number of benzene rings is 2. The number of rotatable bonds is 0. The summed E-state index contributed by atoms with van der Waals surface area (Å²) < 4.78 is 11.7. The number of anilines is 2. The molecule has 0 fully saturated rings. The van der Waals surface area contributed by atoms with Crippen LogP contribution in [0.1, 0.15) is 0 Å². The summed E-state index contributed by atoms with van der Waals surface area (Å²) in [6.07, 6.45) is 0. The molecule has 0 saturated carbocycles. The Balaban J connectivity index is 1.77. The lowest BCUT2D eigenvalue weighted by Gasteiger charge is -2.11. The van der Waals surface area contributed by atoms with Gasteiger partial charge in [0.1, 0.15) is 0 Å². The molecule has 0 amide bonds. The number of para-hydroxylation sites is 4. The van der Waals surface area contributed by atoms with Crippen LogP contribution in [0.4, 0.5) is 11.4 Å². The third-order valence-electron chi connectivity index (χ3n) is 3.69. The minimum absolute atomic E-state index is 0.630. The average Bonchev–Trinajstić information content (AvgIpc) is 2.99. The van der Waals surface area contributed by atoms with Crippen LogP contribution in [0.2, 0.25) is 0 Å². The second-order valence-electron chi connectivity index (χ2n) is 4.99. The quantitative estimate of drug-likeness (QED) is 0.690. The van der Waals surface area contributed by atoms with Crippen molar-refractivity contribution in [2.45, 2.75) is 0 Å². The number of hydrogen-bond acceptors (Lipinski definition) is 4. The highest BCUT2D eigenvalue weighted by molar-refractivity contribution is 5.67. The summed E-state index contributed by atoms with van der Waals surface area (Å²) in [5, 5.41) is 0. The number of ether oxygens (including phenoxy) is 2. The van der Waals surface area contributed by atoms with E-state index in [1.165, 1.54) is 0 Å². The minimum atomic E-state index is 0.630. The predicted molar refractivity (Wildman–Crippen MR) is 81.5 cm³/mol. The fraction of sp³-hybridized carbons (Fsp3) is 0.118. The maximum Gasteiger partial charge on any atom is 0.251 e. The number of nitrogens with zero attached hydrogens (tertiary/aromatic N) is 2. The zero-order chi connectivity index (χ0) is 14.4. The van der Waals surface area contributed by atoms with Gasteiger partial charge in [-0.25, -0.2) is 0 Å². The van der Waals surface area contributed by atoms with Crippen LogP contribution < -0.4 is 19.3 Å². The highest BCUT2D eigenvalue weighted by Gasteiger charge is 2.26. The topological polar surface area (TPSA) is 24.9 Å². The summed E-state index contributed by atoms with van der Waals surface area (Å²) in [5.41, 5.74) is 5.27. The third kappa shape index (κ3) is 1.77. The Morgan fingerprint density at radius 1 is 0.714 bits per heavy atom. The molecule has 0 radical (unpaired) electrons. The lowest BCUT2D eigenvalue weighted by Crippen LogP contribution is -2.16. The van der Waals surface area contributed by atoms with Crippen molar-refractivity contribution in [3.05, 3.63) is 66.0 Å². The van der Waals surface area contributed by atoms with Crippen molar-refractivity contribution >= 4 is 11.4 Å². The molecule has 2 aliphatic rings. The fourth-order valence-corrected chi connectivity index (χ4v) is 2.52. The van der Waals surface area contributed by atoms with E-state index in [0.717, 1.165) is 22.9 Å². The lowest BCUT2D eigenvalue weighted by molar-refractivity contribution is 0.425. The summed E-state index contributed by atoms with van der Waals surface area (Å²) in [7, 11) is 3.91. The summed E-state index contributed by atoms with van der Waals surface area (Å²) in [4.78, 5) is 3.92. The number of fused-ring (bicyclic) bond motifs is 2. The van der Waals surface area contributed by atoms with Gasteiger partial charge in [-0.05, 0) is 24.3 Å². The smallest absolute Gasteiger partial charge is 0.251 e. The molecule has 0 aromatic heterocycles. The SMILES string of the molecule is CN1C(=C=C2Oc3ccccc3N2C)Oc2ccccc21. The van der Waals surface area contributed by atoms with Gasteiger partial charge in [0, 0.05) is 19.8 Å². The fourth-order valence-electron chi connectivity index (χ4n) is 2.52. The largest absolute Gasteiger partial charge is 0.431 e. The second kappa shape index (κ2) is 4.33. The molecule has 0 spiro atoms. The van der Waals surface area contributed by atoms with E-state index in [4.69, 9.17) is 9.47 Å². The van der Waals surface area contributed by atoms with Crippen molar-refractivity contribution in [3.8, 4) is 11.5 Å². The maximum atomic E-state index is 5.83. The van der Waals surface area contributed by atoms with Crippen molar-refractivity contribution in [1.82, 2.24) is 0 Å². The molecule has 0 aliphatic carbocycles. The molecule has 2 aromatic rings. The molecular weight excluding hydrogens is 264 g/mol. The molecule has 0 unspecified atom stereocenters. The van der Waals surface area contributed by atoms with Crippen LogP contribution in [-0.2, 0) is 0 Å². The van der Waals surface area contributed by atoms with Gasteiger partial charge in [0.25, 0.3) is 11.8 Å². The van der Waals surface area contributed by atoms with E-state index in [0.29, 0.717) is 11.8 Å². The van der Waals surface area contributed by atoms with E-state index in [2.05, 4.69) is 5.73 Å². The monoisotopic (exact) mass is 278 g/mol. The molecule has 104 valence electrons. The first-order chi connectivity index (χ1) is 10.2. The van der Waals surface area contributed by atoms with Gasteiger partial charge in [0.15, 0.2) is 11.5 Å². The van der Waals surface area contributed by atoms with Crippen LogP contribution >= 0.6 is 0 Å². The van der Waals surface area contributed by atoms with Gasteiger partial charge in [-0.3, -0.25) is 0 Å². The van der Waals surface area contributed by atoms with Crippen molar-refractivity contribution in [3.63, 3.8) is 0 Å². The zero-order valence-electron chi connectivity index (χ0n) is 11.8. The van der Waals surface area contributed by atoms with Gasteiger partial charge in [-0.1, -0.05) is 24.3 Å². The molecule has 0 N–H and O–H groups in total. The maximum absolute atomic E-state index is 5.83. The lowest BCUT2D eigenvalue weighted by atomic mass is 10.3. The molecule has 4 heteroatoms. The Hall–Kier alpha value is -2.84. The summed E-state index contributed by atoms with van der Waals surface area (Å²) in [5.74, 6) is 2.93. The van der Waals surface area contributed by atoms with Gasteiger partial charge in [0.2, 0.25) is 0 Å². The summed E-state index contributed by atoms with van der Waals surface area (Å²) >= 11 is 0. The van der Waals surface area contributed by atoms with Crippen molar-refractivity contribution in [2.75, 3.05) is 23.9 Å². The van der Waals surface area contributed by atoms with Crippen LogP contribution in [0.15, 0.2) is 66.0 Å². The van der Waals surface area contributed by atoms with Crippen LogP contribution in [0.3, 0.4) is 0 Å². The Bertz CT molecular complexity index is 727. The van der Waals surface area contributed by atoms with E-state index in [9.17, 15) is 0 Å². The van der Waals surface area contributed by atoms with E-state index < -0.39 is 0 Å². The van der Waals surface area contributed by atoms with E-state index >= 15 is 0 Å². The third-order valence-corrected chi connectivity index (χ3v) is 3.69. The van der Waals surface area contributed by atoms with Gasteiger partial charge in [-0.2, -0.15) is 0 Å². The van der Waals surface area contributed by atoms with Crippen molar-refractivity contribution in [1.29, 1.82) is 0 Å². The van der Waals surface area contributed by atoms with Gasteiger partial charge in [0.05, 0.1) is 11.4 Å². The molecule has 0 bridgehead atoms. The van der Waals surface area contributed by atoms with Crippen LogP contribution in [0, 0.1) is 0 Å². The molecule has 4 rings (SSSR count). The Morgan fingerprint density at radius 3 is 1.57 bits per heavy atom. The first-order valence-electron chi connectivity index (χ1n) is 6.76. The molecule has 2 heterocycles. The predicted octanol–water partition coefficient (Wildman–Crippen LogP) is 3.33. The van der Waals surface area contributed by atoms with Gasteiger partial charge in [-0.15, -0.1) is 0 Å². The molecule has 4 nitrogen and oxygen atoms in total. The second-order valence-corrected chi connectivity index (χ2v) is 4.99. The Kier molecular flexibility index (Phi) is 2.46. The minimum Gasteiger partial charge on any atom is -0.431 e. The summed E-state index contributed by atoms with van der Waals surface area (Å²) in [6.45, 7) is 0. The first kappa shape index (κ1) is 11.9. The van der Waals surface area contributed by atoms with Gasteiger partial charge < -0.3 is 19.3 Å². The standard InChI is InChI=1S/C17H14N2O2/c1-18-12-7-3-5-9-14(12)20-16(18)11-17-19(2)13-8-4-6-10-15(13)21-17/h3-10H,1-2H3. The summed E-state index contributed by atoms with van der Waals surface area (Å²) in [6, 6.07) is 15.8. The number of hydrogen-bond donors (Lipinski definition) is 0. The van der Waals surface area contributed by atoms with E-state index in [1.807, 2.05) is 72.4 Å². The molecule has 0 saturated heterocycles. The Morgan fingerprint density at radius 2 is 1.14 bits per heavy atom. The molecule has 21 heavy (non-hydrogen) atoms. The van der Waals surface area contributed by atoms with E-state index in [-0.39, 0.29) is 0 Å². The highest BCUT2D eigenvalue weighted by atomic mass is 16.5. The highest BCUT2D eigenvalue weighted by Crippen LogP contribution is 2.39. The van der Waals surface area contributed by atoms with Crippen LogP contribution in [0.25, 0.3) is 0 Å². The van der Waals surface area contributed by atoms with Crippen molar-refractivity contribution < 1.29 is 9.47 Å². The Labute approximate surface area is 123 Å². The van der Waals surface area contributed by atoms with Gasteiger partial charge >= 0.3 is 0 Å². The van der Waals surface area contributed by atoms with Crippen molar-refractivity contribution in [2.24, 2.45) is 0 Å². The first-order valence-corrected chi connectivity index (χ1v) is 6.76. The van der Waals surface area contributed by atoms with Crippen LogP contribution in [0.5, 0.6) is 11.5 Å². The molecule has 2 aromatic carbocycles. The van der Waals surface area contributed by atoms with Crippen LogP contribution in [-0.4, -0.2) is 14.1 Å². The zero-order valence-corrected chi connectivity index (χ0v) is 11.8. The van der Waals surface area contributed by atoms with E-state index in [1.54, 1.807) is 0 Å². The normalized spacial score (nSPS) is 15.3. The average molecular weight is 278 g/mol. The molecule has 0 atom stereocenters. The molecular formula is C17H14N2O2. The molecule has 2 aliphatic heterocycles.